The lowest BCUT2D eigenvalue weighted by atomic mass is 10.2. The molecule has 0 aromatic heterocycles. The van der Waals surface area contributed by atoms with Crippen molar-refractivity contribution < 1.29 is 18.7 Å². The highest BCUT2D eigenvalue weighted by molar-refractivity contribution is 5.83. The summed E-state index contributed by atoms with van der Waals surface area (Å²) in [5.74, 6) is -1.08. The Hall–Kier alpha value is -1.95. The van der Waals surface area contributed by atoms with Crippen molar-refractivity contribution in [2.45, 2.75) is 19.5 Å². The number of hydrogen-bond acceptors (Lipinski definition) is 4. The molecule has 0 aliphatic rings. The first-order valence-corrected chi connectivity index (χ1v) is 6.20. The zero-order chi connectivity index (χ0) is 15.1. The Balaban J connectivity index is 2.60. The van der Waals surface area contributed by atoms with Gasteiger partial charge in [-0.15, -0.1) is 0 Å². The molecule has 1 aromatic carbocycles. The van der Waals surface area contributed by atoms with E-state index in [-0.39, 0.29) is 11.7 Å². The minimum absolute atomic E-state index is 0.290. The van der Waals surface area contributed by atoms with Crippen LogP contribution in [0.5, 0.6) is 0 Å². The van der Waals surface area contributed by atoms with Gasteiger partial charge in [0.2, 0.25) is 5.91 Å². The third-order valence-corrected chi connectivity index (χ3v) is 2.72. The first-order chi connectivity index (χ1) is 9.42. The van der Waals surface area contributed by atoms with Crippen molar-refractivity contribution in [1.82, 2.24) is 10.2 Å². The van der Waals surface area contributed by atoms with Crippen molar-refractivity contribution in [1.29, 1.82) is 0 Å². The maximum Gasteiger partial charge on any atom is 0.329 e. The van der Waals surface area contributed by atoms with E-state index in [0.717, 1.165) is 5.56 Å². The maximum atomic E-state index is 12.8. The second kappa shape index (κ2) is 7.59. The van der Waals surface area contributed by atoms with Gasteiger partial charge in [0.1, 0.15) is 11.9 Å². The van der Waals surface area contributed by atoms with Gasteiger partial charge >= 0.3 is 5.97 Å². The molecule has 1 aromatic rings. The summed E-state index contributed by atoms with van der Waals surface area (Å²) in [6, 6.07) is 5.40. The van der Waals surface area contributed by atoms with E-state index in [1.165, 1.54) is 26.2 Å². The van der Waals surface area contributed by atoms with Crippen molar-refractivity contribution in [3.8, 4) is 0 Å². The van der Waals surface area contributed by atoms with Crippen LogP contribution in [-0.4, -0.2) is 43.5 Å². The topological polar surface area (TPSA) is 58.6 Å². The van der Waals surface area contributed by atoms with Crippen LogP contribution in [0.15, 0.2) is 24.3 Å². The quantitative estimate of drug-likeness (QED) is 0.789. The second-order valence-electron chi connectivity index (χ2n) is 4.60. The molecule has 0 aliphatic carbocycles. The summed E-state index contributed by atoms with van der Waals surface area (Å²) in [5.41, 5.74) is 0.917. The molecule has 0 radical (unpaired) electrons. The molecule has 1 unspecified atom stereocenters. The number of nitrogens with zero attached hydrogens (tertiary/aromatic N) is 1. The summed E-state index contributed by atoms with van der Waals surface area (Å²) in [7, 11) is 3.08. The van der Waals surface area contributed by atoms with Gasteiger partial charge in [0.15, 0.2) is 0 Å². The van der Waals surface area contributed by atoms with E-state index in [1.54, 1.807) is 19.2 Å². The molecule has 0 heterocycles. The Morgan fingerprint density at radius 2 is 1.95 bits per heavy atom. The molecule has 110 valence electrons. The lowest BCUT2D eigenvalue weighted by Crippen LogP contribution is -2.47. The molecule has 6 heteroatoms. The molecule has 0 fully saturated rings. The lowest BCUT2D eigenvalue weighted by Gasteiger charge is -2.22. The zero-order valence-corrected chi connectivity index (χ0v) is 11.9. The predicted molar refractivity (Wildman–Crippen MR) is 72.4 cm³/mol. The standard InChI is InChI=1S/C14H19FN2O3/c1-10(18)16-13(14(19)20-3)9-17(2)8-11-4-6-12(15)7-5-11/h4-7,13H,8-9H2,1-3H3,(H,16,18). The van der Waals surface area contributed by atoms with E-state index < -0.39 is 12.0 Å². The molecule has 5 nitrogen and oxygen atoms in total. The van der Waals surface area contributed by atoms with Crippen molar-refractivity contribution in [3.05, 3.63) is 35.6 Å². The molecule has 1 atom stereocenters. The normalized spacial score (nSPS) is 12.1. The smallest absolute Gasteiger partial charge is 0.329 e. The van der Waals surface area contributed by atoms with Crippen molar-refractivity contribution in [2.75, 3.05) is 20.7 Å². The molecule has 0 saturated carbocycles. The average Bonchev–Trinajstić information content (AvgIpc) is 2.39. The number of esters is 1. The van der Waals surface area contributed by atoms with Crippen molar-refractivity contribution >= 4 is 11.9 Å². The van der Waals surface area contributed by atoms with Crippen molar-refractivity contribution in [2.24, 2.45) is 0 Å². The minimum atomic E-state index is -0.719. The summed E-state index contributed by atoms with van der Waals surface area (Å²) in [6.07, 6.45) is 0. The summed E-state index contributed by atoms with van der Waals surface area (Å²) < 4.78 is 17.5. The molecular formula is C14H19FN2O3. The first-order valence-electron chi connectivity index (χ1n) is 6.20. The Labute approximate surface area is 117 Å². The molecular weight excluding hydrogens is 263 g/mol. The minimum Gasteiger partial charge on any atom is -0.467 e. The zero-order valence-electron chi connectivity index (χ0n) is 11.9. The number of hydrogen-bond donors (Lipinski definition) is 1. The highest BCUT2D eigenvalue weighted by atomic mass is 19.1. The van der Waals surface area contributed by atoms with Gasteiger partial charge in [0.05, 0.1) is 7.11 Å². The van der Waals surface area contributed by atoms with Gasteiger partial charge in [-0.1, -0.05) is 12.1 Å². The Kier molecular flexibility index (Phi) is 6.11. The molecule has 1 rings (SSSR count). The number of halogens is 1. The van der Waals surface area contributed by atoms with Gasteiger partial charge in [0.25, 0.3) is 0 Å². The van der Waals surface area contributed by atoms with Gasteiger partial charge in [-0.05, 0) is 24.7 Å². The average molecular weight is 282 g/mol. The van der Waals surface area contributed by atoms with Gasteiger partial charge in [-0.2, -0.15) is 0 Å². The van der Waals surface area contributed by atoms with E-state index in [4.69, 9.17) is 0 Å². The first kappa shape index (κ1) is 16.1. The van der Waals surface area contributed by atoms with Crippen LogP contribution in [0.3, 0.4) is 0 Å². The number of carbonyl (C=O) groups is 2. The van der Waals surface area contributed by atoms with Crippen LogP contribution in [0, 0.1) is 5.82 Å². The molecule has 0 aliphatic heterocycles. The number of ether oxygens (including phenoxy) is 1. The number of carbonyl (C=O) groups excluding carboxylic acids is 2. The summed E-state index contributed by atoms with van der Waals surface area (Å²) in [4.78, 5) is 24.5. The van der Waals surface area contributed by atoms with E-state index in [9.17, 15) is 14.0 Å². The SMILES string of the molecule is COC(=O)C(CN(C)Cc1ccc(F)cc1)NC(C)=O. The van der Waals surface area contributed by atoms with E-state index >= 15 is 0 Å². The molecule has 0 spiro atoms. The highest BCUT2D eigenvalue weighted by Gasteiger charge is 2.21. The van der Waals surface area contributed by atoms with Crippen LogP contribution < -0.4 is 5.32 Å². The monoisotopic (exact) mass is 282 g/mol. The fourth-order valence-electron chi connectivity index (χ4n) is 1.84. The van der Waals surface area contributed by atoms with E-state index in [2.05, 4.69) is 10.1 Å². The van der Waals surface area contributed by atoms with Crippen LogP contribution in [0.4, 0.5) is 4.39 Å². The maximum absolute atomic E-state index is 12.8. The Bertz CT molecular complexity index is 462. The van der Waals surface area contributed by atoms with Crippen LogP contribution in [-0.2, 0) is 20.9 Å². The molecule has 20 heavy (non-hydrogen) atoms. The highest BCUT2D eigenvalue weighted by Crippen LogP contribution is 2.06. The number of amides is 1. The fourth-order valence-corrected chi connectivity index (χ4v) is 1.84. The van der Waals surface area contributed by atoms with Gasteiger partial charge in [-0.3, -0.25) is 9.69 Å². The molecule has 0 saturated heterocycles. The second-order valence-corrected chi connectivity index (χ2v) is 4.60. The molecule has 1 N–H and O–H groups in total. The molecule has 0 bridgehead atoms. The number of nitrogens with one attached hydrogen (secondary N) is 1. The van der Waals surface area contributed by atoms with Crippen LogP contribution in [0.25, 0.3) is 0 Å². The van der Waals surface area contributed by atoms with E-state index in [0.29, 0.717) is 13.1 Å². The number of methoxy groups -OCH3 is 1. The van der Waals surface area contributed by atoms with Crippen LogP contribution >= 0.6 is 0 Å². The third-order valence-electron chi connectivity index (χ3n) is 2.72. The Morgan fingerprint density at radius 1 is 1.35 bits per heavy atom. The lowest BCUT2D eigenvalue weighted by molar-refractivity contribution is -0.145. The number of benzene rings is 1. The van der Waals surface area contributed by atoms with Gasteiger partial charge < -0.3 is 10.1 Å². The largest absolute Gasteiger partial charge is 0.467 e. The number of rotatable bonds is 6. The van der Waals surface area contributed by atoms with Gasteiger partial charge in [-0.25, -0.2) is 9.18 Å². The Morgan fingerprint density at radius 3 is 2.45 bits per heavy atom. The molecule has 1 amide bonds. The summed E-state index contributed by atoms with van der Waals surface area (Å²) >= 11 is 0. The van der Waals surface area contributed by atoms with Crippen LogP contribution in [0.1, 0.15) is 12.5 Å². The fraction of sp³-hybridized carbons (Fsp3) is 0.429. The third kappa shape index (κ3) is 5.36. The predicted octanol–water partition coefficient (Wildman–Crippen LogP) is 0.935. The van der Waals surface area contributed by atoms with Crippen molar-refractivity contribution in [3.63, 3.8) is 0 Å². The van der Waals surface area contributed by atoms with Crippen LogP contribution in [0.2, 0.25) is 0 Å². The van der Waals surface area contributed by atoms with E-state index in [1.807, 2.05) is 4.90 Å². The number of likely N-dealkylation sites (N-methyl/N-ethyl adjacent to an activating group) is 1. The van der Waals surface area contributed by atoms with Gasteiger partial charge in [0, 0.05) is 20.0 Å². The summed E-state index contributed by atoms with van der Waals surface area (Å²) in [5, 5.41) is 2.54. The summed E-state index contributed by atoms with van der Waals surface area (Å²) in [6.45, 7) is 2.19.